The fraction of sp³-hybridized carbons (Fsp3) is 0.385. The van der Waals surface area contributed by atoms with E-state index in [1.54, 1.807) is 6.92 Å². The van der Waals surface area contributed by atoms with Crippen molar-refractivity contribution in [3.05, 3.63) is 28.7 Å². The molecule has 0 aromatic heterocycles. The molecule has 96 valence electrons. The minimum absolute atomic E-state index is 0.281. The summed E-state index contributed by atoms with van der Waals surface area (Å²) < 4.78 is 11.2. The van der Waals surface area contributed by atoms with Gasteiger partial charge in [0.25, 0.3) is 0 Å². The second-order valence-corrected chi connectivity index (χ2v) is 4.44. The lowest BCUT2D eigenvalue weighted by atomic mass is 10.1. The van der Waals surface area contributed by atoms with Gasteiger partial charge in [-0.1, -0.05) is 22.0 Å². The molecule has 18 heavy (non-hydrogen) atoms. The van der Waals surface area contributed by atoms with Crippen LogP contribution in [0.2, 0.25) is 0 Å². The predicted molar refractivity (Wildman–Crippen MR) is 70.0 cm³/mol. The molecule has 1 aromatic rings. The summed E-state index contributed by atoms with van der Waals surface area (Å²) in [4.78, 5) is 11.4. The molecule has 0 amide bonds. The molecule has 5 heteroatoms. The van der Waals surface area contributed by atoms with Gasteiger partial charge in [-0.15, -0.1) is 0 Å². The molecule has 4 nitrogen and oxygen atoms in total. The van der Waals surface area contributed by atoms with E-state index in [0.29, 0.717) is 18.8 Å². The van der Waals surface area contributed by atoms with Gasteiger partial charge < -0.3 is 9.47 Å². The van der Waals surface area contributed by atoms with Crippen molar-refractivity contribution in [2.45, 2.75) is 13.3 Å². The SMILES string of the molecule is CCOC(=O)C(C#N)CCOc1cccc(Br)c1. The number of halogens is 1. The maximum Gasteiger partial charge on any atom is 0.323 e. The minimum atomic E-state index is -0.767. The summed E-state index contributed by atoms with van der Waals surface area (Å²) in [5.41, 5.74) is 0. The van der Waals surface area contributed by atoms with Gasteiger partial charge in [0.05, 0.1) is 19.3 Å². The van der Waals surface area contributed by atoms with Gasteiger partial charge in [0.15, 0.2) is 0 Å². The van der Waals surface area contributed by atoms with Crippen LogP contribution in [-0.2, 0) is 9.53 Å². The fourth-order valence-electron chi connectivity index (χ4n) is 1.33. The average molecular weight is 312 g/mol. The second kappa shape index (κ2) is 7.72. The maximum absolute atomic E-state index is 11.4. The van der Waals surface area contributed by atoms with Gasteiger partial charge in [-0.2, -0.15) is 5.26 Å². The number of esters is 1. The molecule has 1 atom stereocenters. The molecular weight excluding hydrogens is 298 g/mol. The number of rotatable bonds is 6. The Hall–Kier alpha value is -1.54. The predicted octanol–water partition coefficient (Wildman–Crippen LogP) is 2.92. The first kappa shape index (κ1) is 14.5. The number of ether oxygens (including phenoxy) is 2. The number of hydrogen-bond acceptors (Lipinski definition) is 4. The molecule has 0 aliphatic carbocycles. The van der Waals surface area contributed by atoms with Crippen LogP contribution in [0.5, 0.6) is 5.75 Å². The van der Waals surface area contributed by atoms with E-state index in [2.05, 4.69) is 15.9 Å². The number of carbonyl (C=O) groups excluding carboxylic acids is 1. The third-order valence-electron chi connectivity index (χ3n) is 2.20. The standard InChI is InChI=1S/C13H14BrNO3/c1-2-17-13(16)10(9-15)6-7-18-12-5-3-4-11(14)8-12/h3-5,8,10H,2,6-7H2,1H3. The van der Waals surface area contributed by atoms with E-state index in [-0.39, 0.29) is 6.61 Å². The van der Waals surface area contributed by atoms with Gasteiger partial charge in [0, 0.05) is 10.9 Å². The molecule has 0 fully saturated rings. The topological polar surface area (TPSA) is 59.3 Å². The Labute approximate surface area is 115 Å². The zero-order valence-electron chi connectivity index (χ0n) is 10.1. The zero-order valence-corrected chi connectivity index (χ0v) is 11.6. The van der Waals surface area contributed by atoms with E-state index < -0.39 is 11.9 Å². The van der Waals surface area contributed by atoms with Crippen LogP contribution >= 0.6 is 15.9 Å². The summed E-state index contributed by atoms with van der Waals surface area (Å²) in [6.07, 6.45) is 0.321. The van der Waals surface area contributed by atoms with Crippen LogP contribution < -0.4 is 4.74 Å². The number of nitrogens with zero attached hydrogens (tertiary/aromatic N) is 1. The normalized spacial score (nSPS) is 11.4. The summed E-state index contributed by atoms with van der Waals surface area (Å²) in [6.45, 7) is 2.29. The number of hydrogen-bond donors (Lipinski definition) is 0. The zero-order chi connectivity index (χ0) is 13.4. The Morgan fingerprint density at radius 2 is 2.33 bits per heavy atom. The summed E-state index contributed by atoms with van der Waals surface area (Å²) in [5.74, 6) is -0.556. The molecular formula is C13H14BrNO3. The van der Waals surface area contributed by atoms with Gasteiger partial charge in [-0.05, 0) is 25.1 Å². The Morgan fingerprint density at radius 1 is 1.56 bits per heavy atom. The molecule has 0 spiro atoms. The summed E-state index contributed by atoms with van der Waals surface area (Å²) in [7, 11) is 0. The van der Waals surface area contributed by atoms with Crippen molar-refractivity contribution in [2.75, 3.05) is 13.2 Å². The molecule has 0 N–H and O–H groups in total. The van der Waals surface area contributed by atoms with Crippen LogP contribution in [0.25, 0.3) is 0 Å². The van der Waals surface area contributed by atoms with Crippen molar-refractivity contribution in [2.24, 2.45) is 5.92 Å². The lowest BCUT2D eigenvalue weighted by Crippen LogP contribution is -2.18. The monoisotopic (exact) mass is 311 g/mol. The van der Waals surface area contributed by atoms with Crippen molar-refractivity contribution in [1.29, 1.82) is 5.26 Å². The highest BCUT2D eigenvalue weighted by Crippen LogP contribution is 2.18. The van der Waals surface area contributed by atoms with E-state index in [1.165, 1.54) is 0 Å². The highest BCUT2D eigenvalue weighted by Gasteiger charge is 2.18. The number of benzene rings is 1. The molecule has 0 radical (unpaired) electrons. The molecule has 0 aliphatic rings. The van der Waals surface area contributed by atoms with Crippen LogP contribution in [0.1, 0.15) is 13.3 Å². The highest BCUT2D eigenvalue weighted by molar-refractivity contribution is 9.10. The number of nitriles is 1. The van der Waals surface area contributed by atoms with Crippen LogP contribution in [-0.4, -0.2) is 19.2 Å². The molecule has 0 heterocycles. The third kappa shape index (κ3) is 4.76. The van der Waals surface area contributed by atoms with E-state index in [9.17, 15) is 4.79 Å². The van der Waals surface area contributed by atoms with Gasteiger partial charge >= 0.3 is 5.97 Å². The van der Waals surface area contributed by atoms with Crippen molar-refractivity contribution >= 4 is 21.9 Å². The van der Waals surface area contributed by atoms with Gasteiger partial charge in [0.2, 0.25) is 0 Å². The Kier molecular flexibility index (Phi) is 6.23. The molecule has 0 saturated carbocycles. The first-order valence-corrected chi connectivity index (χ1v) is 6.41. The summed E-state index contributed by atoms with van der Waals surface area (Å²) in [6, 6.07) is 9.31. The Morgan fingerprint density at radius 3 is 2.94 bits per heavy atom. The molecule has 1 rings (SSSR count). The van der Waals surface area contributed by atoms with E-state index in [4.69, 9.17) is 14.7 Å². The van der Waals surface area contributed by atoms with Crippen LogP contribution in [0.15, 0.2) is 28.7 Å². The molecule has 0 bridgehead atoms. The van der Waals surface area contributed by atoms with Crippen molar-refractivity contribution in [3.8, 4) is 11.8 Å². The smallest absolute Gasteiger partial charge is 0.323 e. The minimum Gasteiger partial charge on any atom is -0.493 e. The van der Waals surface area contributed by atoms with Crippen molar-refractivity contribution in [1.82, 2.24) is 0 Å². The van der Waals surface area contributed by atoms with E-state index in [0.717, 1.165) is 4.47 Å². The van der Waals surface area contributed by atoms with E-state index in [1.807, 2.05) is 30.3 Å². The van der Waals surface area contributed by atoms with E-state index >= 15 is 0 Å². The summed E-state index contributed by atoms with van der Waals surface area (Å²) >= 11 is 3.33. The summed E-state index contributed by atoms with van der Waals surface area (Å²) in [5, 5.41) is 8.85. The Bertz CT molecular complexity index is 442. The molecule has 1 aromatic carbocycles. The third-order valence-corrected chi connectivity index (χ3v) is 2.69. The lowest BCUT2D eigenvalue weighted by molar-refractivity contribution is -0.146. The lowest BCUT2D eigenvalue weighted by Gasteiger charge is -2.09. The van der Waals surface area contributed by atoms with Gasteiger partial charge in [0.1, 0.15) is 11.7 Å². The van der Waals surface area contributed by atoms with Gasteiger partial charge in [-0.3, -0.25) is 4.79 Å². The molecule has 1 unspecified atom stereocenters. The van der Waals surface area contributed by atoms with Crippen molar-refractivity contribution < 1.29 is 14.3 Å². The second-order valence-electron chi connectivity index (χ2n) is 3.53. The fourth-order valence-corrected chi connectivity index (χ4v) is 1.71. The Balaban J connectivity index is 2.41. The quantitative estimate of drug-likeness (QED) is 0.758. The average Bonchev–Trinajstić information content (AvgIpc) is 2.35. The first-order chi connectivity index (χ1) is 8.67. The number of carbonyl (C=O) groups is 1. The largest absolute Gasteiger partial charge is 0.493 e. The molecule has 0 saturated heterocycles. The van der Waals surface area contributed by atoms with Crippen molar-refractivity contribution in [3.63, 3.8) is 0 Å². The maximum atomic E-state index is 11.4. The van der Waals surface area contributed by atoms with Crippen LogP contribution in [0.4, 0.5) is 0 Å². The molecule has 0 aliphatic heterocycles. The van der Waals surface area contributed by atoms with Gasteiger partial charge in [-0.25, -0.2) is 0 Å². The highest BCUT2D eigenvalue weighted by atomic mass is 79.9. The van der Waals surface area contributed by atoms with Crippen LogP contribution in [0.3, 0.4) is 0 Å². The first-order valence-electron chi connectivity index (χ1n) is 5.62. The van der Waals surface area contributed by atoms with Crippen LogP contribution in [0, 0.1) is 17.2 Å².